The van der Waals surface area contributed by atoms with Gasteiger partial charge in [0.25, 0.3) is 0 Å². The number of nitrogens with one attached hydrogen (secondary N) is 1. The molecule has 0 aliphatic carbocycles. The number of nitrogens with two attached hydrogens (primary N) is 1. The third-order valence-electron chi connectivity index (χ3n) is 6.73. The molecule has 0 amide bonds. The molecule has 0 unspecified atom stereocenters. The molecule has 184 valence electrons. The molecular weight excluding hydrogens is 458 g/mol. The monoisotopic (exact) mass is 487 g/mol. The fourth-order valence-electron chi connectivity index (χ4n) is 4.56. The number of rotatable bonds is 6. The highest BCUT2D eigenvalue weighted by molar-refractivity contribution is 5.81. The van der Waals surface area contributed by atoms with E-state index in [0.29, 0.717) is 16.9 Å². The molecule has 37 heavy (non-hydrogen) atoms. The molecule has 0 spiro atoms. The highest BCUT2D eigenvalue weighted by Gasteiger charge is 2.12. The Morgan fingerprint density at radius 2 is 1.35 bits per heavy atom. The lowest BCUT2D eigenvalue weighted by Crippen LogP contribution is -2.08. The van der Waals surface area contributed by atoms with Crippen molar-refractivity contribution in [3.8, 4) is 50.3 Å². The number of nitrogens with zero attached hydrogens (tertiary/aromatic N) is 1. The number of H-pyrrole nitrogens is 1. The number of aromatic amines is 1. The summed E-state index contributed by atoms with van der Waals surface area (Å²) < 4.78 is 5.57. The first-order chi connectivity index (χ1) is 18.0. The zero-order valence-corrected chi connectivity index (χ0v) is 21.2. The highest BCUT2D eigenvalue weighted by Crippen LogP contribution is 2.33. The summed E-state index contributed by atoms with van der Waals surface area (Å²) in [5, 5.41) is 0. The molecule has 0 aliphatic rings. The van der Waals surface area contributed by atoms with Gasteiger partial charge in [-0.2, -0.15) is 0 Å². The van der Waals surface area contributed by atoms with Crippen molar-refractivity contribution in [1.82, 2.24) is 9.97 Å². The van der Waals surface area contributed by atoms with Crippen LogP contribution in [0.2, 0.25) is 0 Å². The lowest BCUT2D eigenvalue weighted by Gasteiger charge is -2.12. The minimum Gasteiger partial charge on any atom is -0.496 e. The van der Waals surface area contributed by atoms with Crippen molar-refractivity contribution >= 4 is 5.82 Å². The van der Waals surface area contributed by atoms with Gasteiger partial charge in [-0.1, -0.05) is 73.2 Å². The molecule has 5 nitrogen and oxygen atoms in total. The summed E-state index contributed by atoms with van der Waals surface area (Å²) in [5.74, 6) is 1.31. The minimum atomic E-state index is -0.0111. The molecule has 2 aromatic heterocycles. The molecule has 5 aromatic rings. The van der Waals surface area contributed by atoms with E-state index >= 15 is 0 Å². The van der Waals surface area contributed by atoms with Crippen LogP contribution in [-0.2, 0) is 6.42 Å². The maximum atomic E-state index is 13.3. The first-order valence-corrected chi connectivity index (χ1v) is 12.3. The Labute approximate surface area is 216 Å². The van der Waals surface area contributed by atoms with E-state index in [1.54, 1.807) is 25.7 Å². The average molecular weight is 488 g/mol. The van der Waals surface area contributed by atoms with Crippen molar-refractivity contribution in [2.24, 2.45) is 0 Å². The number of methoxy groups -OCH3 is 1. The molecule has 0 radical (unpaired) electrons. The molecule has 0 bridgehead atoms. The molecule has 0 aliphatic heterocycles. The molecule has 0 fully saturated rings. The van der Waals surface area contributed by atoms with Crippen LogP contribution in [0.1, 0.15) is 18.1 Å². The van der Waals surface area contributed by atoms with E-state index in [2.05, 4.69) is 29.0 Å². The van der Waals surface area contributed by atoms with Crippen LogP contribution in [0.5, 0.6) is 5.75 Å². The summed E-state index contributed by atoms with van der Waals surface area (Å²) in [6.45, 7) is 4.14. The van der Waals surface area contributed by atoms with Crippen LogP contribution in [-0.4, -0.2) is 17.1 Å². The van der Waals surface area contributed by atoms with Gasteiger partial charge in [-0.05, 0) is 53.3 Å². The van der Waals surface area contributed by atoms with Crippen molar-refractivity contribution in [2.45, 2.75) is 20.3 Å². The van der Waals surface area contributed by atoms with Crippen molar-refractivity contribution in [1.29, 1.82) is 0 Å². The van der Waals surface area contributed by atoms with Crippen molar-refractivity contribution < 1.29 is 4.74 Å². The van der Waals surface area contributed by atoms with Crippen molar-refractivity contribution in [3.05, 3.63) is 113 Å². The Morgan fingerprint density at radius 3 is 1.95 bits per heavy atom. The minimum absolute atomic E-state index is 0.0111. The maximum Gasteiger partial charge on any atom is 0.197 e. The largest absolute Gasteiger partial charge is 0.496 e. The van der Waals surface area contributed by atoms with E-state index in [1.165, 1.54) is 0 Å². The van der Waals surface area contributed by atoms with Crippen LogP contribution < -0.4 is 15.9 Å². The van der Waals surface area contributed by atoms with Gasteiger partial charge >= 0.3 is 0 Å². The average Bonchev–Trinajstić information content (AvgIpc) is 2.94. The Kier molecular flexibility index (Phi) is 6.60. The lowest BCUT2D eigenvalue weighted by molar-refractivity contribution is 0.410. The predicted octanol–water partition coefficient (Wildman–Crippen LogP) is 6.90. The molecule has 0 saturated heterocycles. The Bertz CT molecular complexity index is 1620. The smallest absolute Gasteiger partial charge is 0.197 e. The summed E-state index contributed by atoms with van der Waals surface area (Å²) >= 11 is 0. The van der Waals surface area contributed by atoms with Gasteiger partial charge in [0, 0.05) is 40.8 Å². The fraction of sp³-hybridized carbons (Fsp3) is 0.125. The number of benzene rings is 3. The fourth-order valence-corrected chi connectivity index (χ4v) is 4.56. The molecular formula is C32H29N3O2. The molecule has 3 N–H and O–H groups in total. The number of pyridine rings is 2. The van der Waals surface area contributed by atoms with Gasteiger partial charge in [0.2, 0.25) is 0 Å². The third-order valence-corrected chi connectivity index (χ3v) is 6.73. The second-order valence-corrected chi connectivity index (χ2v) is 9.09. The summed E-state index contributed by atoms with van der Waals surface area (Å²) in [5.41, 5.74) is 15.3. The first kappa shape index (κ1) is 24.1. The number of ether oxygens (including phenoxy) is 1. The van der Waals surface area contributed by atoms with Gasteiger partial charge in [-0.15, -0.1) is 0 Å². The number of aromatic nitrogens is 2. The number of hydrogen-bond acceptors (Lipinski definition) is 4. The van der Waals surface area contributed by atoms with Gasteiger partial charge in [0.15, 0.2) is 5.43 Å². The molecule has 0 atom stereocenters. The van der Waals surface area contributed by atoms with Gasteiger partial charge in [-0.3, -0.25) is 4.79 Å². The second kappa shape index (κ2) is 10.2. The van der Waals surface area contributed by atoms with Crippen LogP contribution in [0.4, 0.5) is 5.82 Å². The summed E-state index contributed by atoms with van der Waals surface area (Å²) in [4.78, 5) is 20.9. The second-order valence-electron chi connectivity index (χ2n) is 9.09. The zero-order chi connectivity index (χ0) is 25.9. The normalized spacial score (nSPS) is 10.9. The van der Waals surface area contributed by atoms with Crippen LogP contribution in [0, 0.1) is 6.92 Å². The number of nitrogen functional groups attached to an aromatic ring is 1. The number of aryl methyl sites for hydroxylation is 2. The predicted molar refractivity (Wildman–Crippen MR) is 152 cm³/mol. The van der Waals surface area contributed by atoms with Gasteiger partial charge in [0.1, 0.15) is 11.6 Å². The number of anilines is 1. The van der Waals surface area contributed by atoms with E-state index < -0.39 is 0 Å². The maximum absolute atomic E-state index is 13.3. The van der Waals surface area contributed by atoms with E-state index in [1.807, 2.05) is 67.6 Å². The van der Waals surface area contributed by atoms with Crippen LogP contribution >= 0.6 is 0 Å². The van der Waals surface area contributed by atoms with E-state index in [-0.39, 0.29) is 5.43 Å². The number of hydrogen-bond donors (Lipinski definition) is 2. The summed E-state index contributed by atoms with van der Waals surface area (Å²) in [6, 6.07) is 24.1. The van der Waals surface area contributed by atoms with Gasteiger partial charge < -0.3 is 15.5 Å². The summed E-state index contributed by atoms with van der Waals surface area (Å²) in [7, 11) is 1.69. The zero-order valence-electron chi connectivity index (χ0n) is 21.2. The van der Waals surface area contributed by atoms with Crippen LogP contribution in [0.3, 0.4) is 0 Å². The third kappa shape index (κ3) is 4.76. The van der Waals surface area contributed by atoms with E-state index in [9.17, 15) is 4.79 Å². The first-order valence-electron chi connectivity index (χ1n) is 12.3. The molecule has 3 aromatic carbocycles. The highest BCUT2D eigenvalue weighted by atomic mass is 16.5. The Morgan fingerprint density at radius 1 is 0.784 bits per heavy atom. The quantitative estimate of drug-likeness (QED) is 0.273. The standard InChI is InChI=1S/C32H29N3O2/c1-4-21-9-14-25(16-30(21)37-3)26-15-27(32(33)35-17-26)22-10-12-24(13-11-22)29-19-34-18-28(31(29)36)23-7-5-20(2)6-8-23/h5-19H,4H2,1-3H3,(H2,33,35)(H,34,36). The van der Waals surface area contributed by atoms with Gasteiger partial charge in [-0.25, -0.2) is 4.98 Å². The van der Waals surface area contributed by atoms with E-state index in [4.69, 9.17) is 10.5 Å². The molecule has 0 saturated carbocycles. The van der Waals surface area contributed by atoms with Gasteiger partial charge in [0.05, 0.1) is 7.11 Å². The van der Waals surface area contributed by atoms with E-state index in [0.717, 1.165) is 56.7 Å². The lowest BCUT2D eigenvalue weighted by atomic mass is 9.97. The molecule has 5 heteroatoms. The Hall–Kier alpha value is -4.64. The van der Waals surface area contributed by atoms with Crippen molar-refractivity contribution in [3.63, 3.8) is 0 Å². The topological polar surface area (TPSA) is 81.0 Å². The molecule has 2 heterocycles. The van der Waals surface area contributed by atoms with Crippen LogP contribution in [0.25, 0.3) is 44.5 Å². The molecule has 5 rings (SSSR count). The van der Waals surface area contributed by atoms with Crippen LogP contribution in [0.15, 0.2) is 96.2 Å². The SMILES string of the molecule is CCc1ccc(-c2cnc(N)c(-c3ccc(-c4c[nH]cc(-c5ccc(C)cc5)c4=O)cc3)c2)cc1OC. The summed E-state index contributed by atoms with van der Waals surface area (Å²) in [6.07, 6.45) is 6.19. The van der Waals surface area contributed by atoms with Crippen molar-refractivity contribution in [2.75, 3.05) is 12.8 Å². The Balaban J connectivity index is 1.49.